The molecule has 0 amide bonds. The van der Waals surface area contributed by atoms with Crippen molar-refractivity contribution in [2.75, 3.05) is 46.1 Å². The first-order valence-electron chi connectivity index (χ1n) is 9.79. The molecule has 0 unspecified atom stereocenters. The van der Waals surface area contributed by atoms with Crippen molar-refractivity contribution in [1.82, 2.24) is 10.6 Å². The third-order valence-corrected chi connectivity index (χ3v) is 4.55. The fourth-order valence-corrected chi connectivity index (χ4v) is 3.19. The highest BCUT2D eigenvalue weighted by molar-refractivity contribution is 5.79. The minimum atomic E-state index is 0.339. The number of aliphatic imine (C=N–C) groups is 1. The molecule has 2 N–H and O–H groups in total. The van der Waals surface area contributed by atoms with Crippen LogP contribution in [0, 0.1) is 11.3 Å². The smallest absolute Gasteiger partial charge is 0.191 e. The Morgan fingerprint density at radius 3 is 2.46 bits per heavy atom. The molecular weight excluding hydrogens is 302 g/mol. The van der Waals surface area contributed by atoms with E-state index in [1.807, 2.05) is 0 Å². The molecule has 142 valence electrons. The lowest BCUT2D eigenvalue weighted by molar-refractivity contribution is 0.107. The third-order valence-electron chi connectivity index (χ3n) is 4.55. The van der Waals surface area contributed by atoms with E-state index in [1.54, 1.807) is 0 Å². The number of hydrogen-bond donors (Lipinski definition) is 2. The number of nitrogens with zero attached hydrogens (tertiary/aromatic N) is 1. The van der Waals surface area contributed by atoms with Gasteiger partial charge in [0, 0.05) is 39.5 Å². The van der Waals surface area contributed by atoms with Crippen molar-refractivity contribution in [2.24, 2.45) is 16.3 Å². The van der Waals surface area contributed by atoms with Crippen LogP contribution in [0.4, 0.5) is 0 Å². The van der Waals surface area contributed by atoms with E-state index in [-0.39, 0.29) is 0 Å². The second-order valence-corrected chi connectivity index (χ2v) is 7.24. The van der Waals surface area contributed by atoms with Gasteiger partial charge in [0.1, 0.15) is 0 Å². The number of guanidine groups is 1. The fraction of sp³-hybridized carbons (Fsp3) is 0.947. The molecule has 0 aromatic rings. The molecule has 0 bridgehead atoms. The summed E-state index contributed by atoms with van der Waals surface area (Å²) in [5.41, 5.74) is 0.339. The van der Waals surface area contributed by atoms with Crippen molar-refractivity contribution < 1.29 is 9.47 Å². The van der Waals surface area contributed by atoms with Crippen molar-refractivity contribution in [2.45, 2.75) is 59.8 Å². The molecular formula is C19H39N3O2. The summed E-state index contributed by atoms with van der Waals surface area (Å²) in [6, 6.07) is 0. The molecule has 0 aromatic carbocycles. The Kier molecular flexibility index (Phi) is 11.1. The normalized spacial score (nSPS) is 17.5. The second kappa shape index (κ2) is 12.5. The number of rotatable bonds is 12. The van der Waals surface area contributed by atoms with E-state index in [0.29, 0.717) is 11.3 Å². The van der Waals surface area contributed by atoms with Crippen molar-refractivity contribution in [1.29, 1.82) is 0 Å². The lowest BCUT2D eigenvalue weighted by Crippen LogP contribution is -2.40. The van der Waals surface area contributed by atoms with E-state index >= 15 is 0 Å². The maximum absolute atomic E-state index is 5.63. The van der Waals surface area contributed by atoms with Gasteiger partial charge in [-0.1, -0.05) is 26.7 Å². The van der Waals surface area contributed by atoms with Crippen LogP contribution in [0.5, 0.6) is 0 Å². The van der Waals surface area contributed by atoms with E-state index in [9.17, 15) is 0 Å². The summed E-state index contributed by atoms with van der Waals surface area (Å²) < 4.78 is 11.2. The zero-order chi connectivity index (χ0) is 17.7. The highest BCUT2D eigenvalue weighted by atomic mass is 16.5. The molecule has 1 fully saturated rings. The minimum Gasteiger partial charge on any atom is -0.382 e. The Morgan fingerprint density at radius 2 is 1.83 bits per heavy atom. The molecule has 1 saturated carbocycles. The SMILES string of the molecule is CCNC(=NCC1(CCOCC)CCCC1)NCCOCC(C)C. The summed E-state index contributed by atoms with van der Waals surface area (Å²) in [6.45, 7) is 14.3. The average molecular weight is 342 g/mol. The third kappa shape index (κ3) is 8.88. The summed E-state index contributed by atoms with van der Waals surface area (Å²) in [5, 5.41) is 6.73. The largest absolute Gasteiger partial charge is 0.382 e. The molecule has 0 heterocycles. The van der Waals surface area contributed by atoms with Crippen LogP contribution in [-0.4, -0.2) is 52.0 Å². The first kappa shape index (κ1) is 21.2. The zero-order valence-corrected chi connectivity index (χ0v) is 16.3. The highest BCUT2D eigenvalue weighted by Crippen LogP contribution is 2.41. The van der Waals surface area contributed by atoms with Crippen molar-refractivity contribution in [3.8, 4) is 0 Å². The highest BCUT2D eigenvalue weighted by Gasteiger charge is 2.33. The molecule has 0 aromatic heterocycles. The molecule has 0 atom stereocenters. The Morgan fingerprint density at radius 1 is 1.08 bits per heavy atom. The maximum Gasteiger partial charge on any atom is 0.191 e. The lowest BCUT2D eigenvalue weighted by Gasteiger charge is -2.27. The molecule has 0 spiro atoms. The van der Waals surface area contributed by atoms with Gasteiger partial charge in [-0.25, -0.2) is 0 Å². The van der Waals surface area contributed by atoms with E-state index in [2.05, 4.69) is 38.3 Å². The second-order valence-electron chi connectivity index (χ2n) is 7.24. The molecule has 1 aliphatic rings. The molecule has 24 heavy (non-hydrogen) atoms. The predicted octanol–water partition coefficient (Wildman–Crippen LogP) is 3.20. The summed E-state index contributed by atoms with van der Waals surface area (Å²) in [5.74, 6) is 1.49. The van der Waals surface area contributed by atoms with Gasteiger partial charge in [0.15, 0.2) is 5.96 Å². The standard InChI is InChI=1S/C19H39N3O2/c1-5-20-18(21-12-14-24-15-17(3)4)22-16-19(9-7-8-10-19)11-13-23-6-2/h17H,5-16H2,1-4H3,(H2,20,21,22). The van der Waals surface area contributed by atoms with Gasteiger partial charge < -0.3 is 20.1 Å². The van der Waals surface area contributed by atoms with Crippen molar-refractivity contribution >= 4 is 5.96 Å². The monoisotopic (exact) mass is 341 g/mol. The van der Waals surface area contributed by atoms with Gasteiger partial charge in [-0.15, -0.1) is 0 Å². The Balaban J connectivity index is 2.43. The van der Waals surface area contributed by atoms with Gasteiger partial charge in [0.2, 0.25) is 0 Å². The molecule has 0 aliphatic heterocycles. The van der Waals surface area contributed by atoms with Gasteiger partial charge in [-0.2, -0.15) is 0 Å². The van der Waals surface area contributed by atoms with Crippen molar-refractivity contribution in [3.05, 3.63) is 0 Å². The first-order chi connectivity index (χ1) is 11.6. The van der Waals surface area contributed by atoms with Crippen LogP contribution >= 0.6 is 0 Å². The number of nitrogens with one attached hydrogen (secondary N) is 2. The zero-order valence-electron chi connectivity index (χ0n) is 16.3. The quantitative estimate of drug-likeness (QED) is 0.325. The molecule has 0 radical (unpaired) electrons. The minimum absolute atomic E-state index is 0.339. The van der Waals surface area contributed by atoms with E-state index in [1.165, 1.54) is 25.7 Å². The molecule has 1 aliphatic carbocycles. The number of hydrogen-bond acceptors (Lipinski definition) is 3. The Labute approximate surface area is 149 Å². The molecule has 1 rings (SSSR count). The van der Waals surface area contributed by atoms with Gasteiger partial charge in [0.25, 0.3) is 0 Å². The fourth-order valence-electron chi connectivity index (χ4n) is 3.19. The summed E-state index contributed by atoms with van der Waals surface area (Å²) >= 11 is 0. The summed E-state index contributed by atoms with van der Waals surface area (Å²) in [4.78, 5) is 4.86. The van der Waals surface area contributed by atoms with E-state index in [0.717, 1.165) is 58.4 Å². The summed E-state index contributed by atoms with van der Waals surface area (Å²) in [7, 11) is 0. The van der Waals surface area contributed by atoms with Crippen LogP contribution in [0.2, 0.25) is 0 Å². The molecule has 5 heteroatoms. The van der Waals surface area contributed by atoms with Crippen LogP contribution in [-0.2, 0) is 9.47 Å². The molecule has 5 nitrogen and oxygen atoms in total. The summed E-state index contributed by atoms with van der Waals surface area (Å²) in [6.07, 6.45) is 6.34. The average Bonchev–Trinajstić information content (AvgIpc) is 3.01. The predicted molar refractivity (Wildman–Crippen MR) is 102 cm³/mol. The van der Waals surface area contributed by atoms with Crippen LogP contribution in [0.1, 0.15) is 59.8 Å². The number of ether oxygens (including phenoxy) is 2. The van der Waals surface area contributed by atoms with Crippen LogP contribution in [0.3, 0.4) is 0 Å². The van der Waals surface area contributed by atoms with Gasteiger partial charge in [-0.3, -0.25) is 4.99 Å². The lowest BCUT2D eigenvalue weighted by atomic mass is 9.83. The molecule has 0 saturated heterocycles. The first-order valence-corrected chi connectivity index (χ1v) is 9.79. The van der Waals surface area contributed by atoms with E-state index < -0.39 is 0 Å². The van der Waals surface area contributed by atoms with Gasteiger partial charge >= 0.3 is 0 Å². The van der Waals surface area contributed by atoms with Crippen molar-refractivity contribution in [3.63, 3.8) is 0 Å². The van der Waals surface area contributed by atoms with E-state index in [4.69, 9.17) is 14.5 Å². The van der Waals surface area contributed by atoms with Gasteiger partial charge in [-0.05, 0) is 44.4 Å². The maximum atomic E-state index is 5.63. The van der Waals surface area contributed by atoms with Crippen LogP contribution < -0.4 is 10.6 Å². The Hall–Kier alpha value is -0.810. The van der Waals surface area contributed by atoms with Crippen LogP contribution in [0.25, 0.3) is 0 Å². The topological polar surface area (TPSA) is 54.9 Å². The van der Waals surface area contributed by atoms with Gasteiger partial charge in [0.05, 0.1) is 6.61 Å². The Bertz CT molecular complexity index is 340. The van der Waals surface area contributed by atoms with Crippen LogP contribution in [0.15, 0.2) is 4.99 Å².